The van der Waals surface area contributed by atoms with Gasteiger partial charge in [-0.3, -0.25) is 14.8 Å². The van der Waals surface area contributed by atoms with Gasteiger partial charge in [0.25, 0.3) is 5.56 Å². The summed E-state index contributed by atoms with van der Waals surface area (Å²) < 4.78 is 91.0. The van der Waals surface area contributed by atoms with Crippen molar-refractivity contribution in [2.24, 2.45) is 11.6 Å². The van der Waals surface area contributed by atoms with Gasteiger partial charge in [-0.2, -0.15) is 22.0 Å². The van der Waals surface area contributed by atoms with Crippen LogP contribution in [0.3, 0.4) is 0 Å². The average molecular weight is 518 g/mol. The summed E-state index contributed by atoms with van der Waals surface area (Å²) in [7, 11) is -3.82. The number of rotatable bonds is 7. The molecule has 3 heterocycles. The monoisotopic (exact) mass is 518 g/mol. The van der Waals surface area contributed by atoms with E-state index in [1.165, 1.54) is 37.4 Å². The lowest BCUT2D eigenvalue weighted by molar-refractivity contribution is -0.286. The van der Waals surface area contributed by atoms with Gasteiger partial charge in [-0.25, -0.2) is 19.2 Å². The number of halogens is 5. The summed E-state index contributed by atoms with van der Waals surface area (Å²) >= 11 is 0. The third-order valence-electron chi connectivity index (χ3n) is 4.96. The van der Waals surface area contributed by atoms with Crippen molar-refractivity contribution >= 4 is 26.6 Å². The molecule has 9 nitrogen and oxygen atoms in total. The molecule has 0 saturated heterocycles. The van der Waals surface area contributed by atoms with E-state index in [1.54, 1.807) is 0 Å². The number of hydrogen-bond donors (Lipinski definition) is 2. The Hall–Kier alpha value is -3.59. The van der Waals surface area contributed by atoms with Gasteiger partial charge in [-0.05, 0) is 24.3 Å². The fraction of sp³-hybridized carbons (Fsp3) is 0.250. The minimum Gasteiger partial charge on any atom is -0.403 e. The van der Waals surface area contributed by atoms with Crippen LogP contribution in [-0.4, -0.2) is 40.8 Å². The molecule has 0 amide bonds. The maximum absolute atomic E-state index is 13.7. The second kappa shape index (κ2) is 9.22. The second-order valence-electron chi connectivity index (χ2n) is 7.26. The molecule has 0 fully saturated rings. The number of nitrogens with two attached hydrogens (primary N) is 2. The molecule has 0 radical (unpaired) electrons. The van der Waals surface area contributed by atoms with Crippen LogP contribution in [-0.2, 0) is 16.4 Å². The van der Waals surface area contributed by atoms with Gasteiger partial charge in [0.2, 0.25) is 0 Å². The van der Waals surface area contributed by atoms with Crippen LogP contribution in [0.15, 0.2) is 58.6 Å². The highest BCUT2D eigenvalue weighted by Crippen LogP contribution is 2.37. The highest BCUT2D eigenvalue weighted by atomic mass is 32.2. The van der Waals surface area contributed by atoms with Crippen LogP contribution < -0.4 is 22.1 Å². The van der Waals surface area contributed by atoms with E-state index in [1.807, 2.05) is 0 Å². The van der Waals surface area contributed by atoms with Crippen molar-refractivity contribution in [1.82, 2.24) is 14.5 Å². The summed E-state index contributed by atoms with van der Waals surface area (Å²) in [4.78, 5) is 20.1. The summed E-state index contributed by atoms with van der Waals surface area (Å²) in [5.41, 5.74) is 3.69. The molecule has 0 aromatic carbocycles. The molecule has 3 aromatic rings. The number of alkyl halides is 5. The summed E-state index contributed by atoms with van der Waals surface area (Å²) in [6.45, 7) is -0.544. The van der Waals surface area contributed by atoms with Crippen molar-refractivity contribution < 1.29 is 30.4 Å². The maximum Gasteiger partial charge on any atom is 0.455 e. The molecule has 0 bridgehead atoms. The minimum atomic E-state index is -5.87. The molecule has 0 aliphatic carbocycles. The van der Waals surface area contributed by atoms with Gasteiger partial charge in [0.05, 0.1) is 34.6 Å². The van der Waals surface area contributed by atoms with Gasteiger partial charge in [-0.15, -0.1) is 0 Å². The smallest absolute Gasteiger partial charge is 0.403 e. The van der Waals surface area contributed by atoms with Crippen molar-refractivity contribution in [1.29, 1.82) is 0 Å². The van der Waals surface area contributed by atoms with Gasteiger partial charge in [0.15, 0.2) is 9.84 Å². The first-order valence-electron chi connectivity index (χ1n) is 9.82. The molecule has 0 atom stereocenters. The van der Waals surface area contributed by atoms with Gasteiger partial charge in [0, 0.05) is 23.9 Å². The van der Waals surface area contributed by atoms with Crippen molar-refractivity contribution in [2.75, 3.05) is 10.8 Å². The van der Waals surface area contributed by atoms with Crippen LogP contribution >= 0.6 is 0 Å². The number of nitrogens with zero attached hydrogens (tertiary/aromatic N) is 4. The highest BCUT2D eigenvalue weighted by Gasteiger charge is 2.57. The van der Waals surface area contributed by atoms with E-state index < -0.39 is 34.0 Å². The summed E-state index contributed by atoms with van der Waals surface area (Å²) in [6, 6.07) is 5.80. The number of hydrogen-bond acceptors (Lipinski definition) is 8. The Morgan fingerprint density at radius 2 is 1.83 bits per heavy atom. The molecule has 0 saturated carbocycles. The van der Waals surface area contributed by atoms with Gasteiger partial charge < -0.3 is 10.3 Å². The van der Waals surface area contributed by atoms with Crippen LogP contribution in [0.1, 0.15) is 6.92 Å². The first-order chi connectivity index (χ1) is 16.2. The Kier molecular flexibility index (Phi) is 6.86. The molecule has 0 aliphatic heterocycles. The molecule has 15 heteroatoms. The van der Waals surface area contributed by atoms with E-state index in [0.29, 0.717) is 0 Å². The number of anilines is 1. The zero-order valence-electron chi connectivity index (χ0n) is 18.0. The largest absolute Gasteiger partial charge is 0.455 e. The summed E-state index contributed by atoms with van der Waals surface area (Å²) in [5, 5.41) is 1.05. The van der Waals surface area contributed by atoms with Crippen molar-refractivity contribution in [2.45, 2.75) is 30.5 Å². The third kappa shape index (κ3) is 5.09. The van der Waals surface area contributed by atoms with Crippen LogP contribution in [0, 0.1) is 0 Å². The van der Waals surface area contributed by atoms with E-state index in [0.717, 1.165) is 23.5 Å². The second-order valence-corrected chi connectivity index (χ2v) is 9.50. The lowest BCUT2D eigenvalue weighted by Gasteiger charge is -2.21. The number of fused-ring (bicyclic) bond motifs is 1. The van der Waals surface area contributed by atoms with E-state index in [2.05, 4.69) is 9.97 Å². The van der Waals surface area contributed by atoms with E-state index in [9.17, 15) is 35.2 Å². The van der Waals surface area contributed by atoms with Gasteiger partial charge >= 0.3 is 12.1 Å². The fourth-order valence-corrected chi connectivity index (χ4v) is 4.14. The van der Waals surface area contributed by atoms with Gasteiger partial charge in [-0.1, -0.05) is 6.92 Å². The molecule has 3 rings (SSSR count). The van der Waals surface area contributed by atoms with Crippen LogP contribution in [0.2, 0.25) is 0 Å². The Bertz CT molecular complexity index is 1450. The number of pyridine rings is 3. The number of hydrazine groups is 1. The third-order valence-corrected chi connectivity index (χ3v) is 6.72. The normalized spacial score (nSPS) is 13.0. The van der Waals surface area contributed by atoms with Crippen LogP contribution in [0.4, 0.5) is 27.8 Å². The SMILES string of the molecule is CCS(=O)(=O)c1ccc(N(N)/C=C\N)nc1-c1cc2ccc(=O)n(CC(F)(F)C(F)(F)F)c2cn1. The zero-order valence-corrected chi connectivity index (χ0v) is 18.8. The van der Waals surface area contributed by atoms with Crippen molar-refractivity contribution in [3.05, 3.63) is 59.3 Å². The number of sulfone groups is 1. The molecule has 188 valence electrons. The molecular formula is C20H19F5N6O3S. The zero-order chi connectivity index (χ0) is 26.2. The quantitative estimate of drug-likeness (QED) is 0.277. The summed E-state index contributed by atoms with van der Waals surface area (Å²) in [6.07, 6.45) is -2.62. The van der Waals surface area contributed by atoms with Gasteiger partial charge in [0.1, 0.15) is 11.5 Å². The van der Waals surface area contributed by atoms with Crippen molar-refractivity contribution in [3.8, 4) is 11.4 Å². The van der Waals surface area contributed by atoms with E-state index >= 15 is 0 Å². The standard InChI is InChI=1S/C20H19F5N6O3S/c1-2-35(33,34)15-4-5-16(31(27)8-7-26)29-18(15)13-9-12-3-6-17(32)30(14(12)10-28-13)11-19(21,22)20(23,24)25/h3-10H,2,11,26-27H2,1H3/b8-7-. The molecule has 0 aliphatic rings. The van der Waals surface area contributed by atoms with Crippen LogP contribution in [0.5, 0.6) is 0 Å². The Balaban J connectivity index is 2.23. The Morgan fingerprint density at radius 3 is 2.43 bits per heavy atom. The lowest BCUT2D eigenvalue weighted by atomic mass is 10.1. The molecule has 0 spiro atoms. The molecule has 3 aromatic heterocycles. The molecule has 35 heavy (non-hydrogen) atoms. The maximum atomic E-state index is 13.7. The average Bonchev–Trinajstić information content (AvgIpc) is 2.79. The fourth-order valence-electron chi connectivity index (χ4n) is 3.11. The molecule has 4 N–H and O–H groups in total. The molecule has 0 unspecified atom stereocenters. The first kappa shape index (κ1) is 26.0. The lowest BCUT2D eigenvalue weighted by Crippen LogP contribution is -2.42. The minimum absolute atomic E-state index is 0.0473. The topological polar surface area (TPSA) is 137 Å². The number of aromatic nitrogens is 3. The Morgan fingerprint density at radius 1 is 1.14 bits per heavy atom. The van der Waals surface area contributed by atoms with Crippen molar-refractivity contribution in [3.63, 3.8) is 0 Å². The highest BCUT2D eigenvalue weighted by molar-refractivity contribution is 7.91. The van der Waals surface area contributed by atoms with E-state index in [-0.39, 0.29) is 43.3 Å². The first-order valence-corrected chi connectivity index (χ1v) is 11.5. The van der Waals surface area contributed by atoms with E-state index in [4.69, 9.17) is 11.6 Å². The molecular weight excluding hydrogens is 499 g/mol. The Labute approximate surface area is 195 Å². The summed E-state index contributed by atoms with van der Waals surface area (Å²) in [5.74, 6) is 0.416. The predicted octanol–water partition coefficient (Wildman–Crippen LogP) is 2.56. The predicted molar refractivity (Wildman–Crippen MR) is 118 cm³/mol. The van der Waals surface area contributed by atoms with Crippen LogP contribution in [0.25, 0.3) is 22.3 Å².